The molecule has 0 radical (unpaired) electrons. The fourth-order valence-electron chi connectivity index (χ4n) is 0. The molecule has 0 aromatic heterocycles. The Morgan fingerprint density at radius 1 is 1.40 bits per heavy atom. The van der Waals surface area contributed by atoms with E-state index in [-0.39, 0.29) is 0 Å². The van der Waals surface area contributed by atoms with E-state index in [1.807, 2.05) is 0 Å². The van der Waals surface area contributed by atoms with Gasteiger partial charge in [-0.1, -0.05) is 0 Å². The van der Waals surface area contributed by atoms with Gasteiger partial charge in [0.25, 0.3) is 6.18 Å². The predicted molar refractivity (Wildman–Crippen MR) is 26.6 cm³/mol. The quantitative estimate of drug-likeness (QED) is 0.547. The summed E-state index contributed by atoms with van der Waals surface area (Å²) in [5, 5.41) is 0. The third-order valence-electron chi connectivity index (χ3n) is 0.200. The Morgan fingerprint density at radius 2 is 1.50 bits per heavy atom. The number of allylic oxidation sites excluding steroid dienone is 1. The van der Waals surface area contributed by atoms with Crippen LogP contribution in [0, 0.1) is 13.0 Å². The van der Waals surface area contributed by atoms with Crippen LogP contribution in [0.25, 0.3) is 0 Å². The molecule has 0 rings (SSSR count). The van der Waals surface area contributed by atoms with Crippen LogP contribution in [0.5, 0.6) is 0 Å². The zero-order chi connectivity index (χ0) is 9.21. The Morgan fingerprint density at radius 3 is 1.50 bits per heavy atom. The number of rotatable bonds is 0. The first-order chi connectivity index (χ1) is 4.56. The van der Waals surface area contributed by atoms with Gasteiger partial charge < -0.3 is 13.0 Å². The maximum atomic E-state index is 10.6. The first kappa shape index (κ1) is 16.4. The van der Waals surface area contributed by atoms with Gasteiger partial charge >= 0.3 is 19.5 Å². The van der Waals surface area contributed by atoms with Crippen molar-refractivity contribution in [2.24, 2.45) is 0 Å². The van der Waals surface area contributed by atoms with Gasteiger partial charge in [0, 0.05) is 0 Å². The molecular formula is C5H7CoF3O-2. The Hall–Kier alpha value is -0.164. The van der Waals surface area contributed by atoms with Crippen LogP contribution in [0.3, 0.4) is 0 Å². The van der Waals surface area contributed by atoms with Gasteiger partial charge in [-0.25, -0.2) is 13.2 Å². The molecule has 0 aliphatic rings. The molecule has 0 bridgehead atoms. The molecule has 0 amide bonds. The van der Waals surface area contributed by atoms with Crippen molar-refractivity contribution in [3.8, 4) is 0 Å². The van der Waals surface area contributed by atoms with Gasteiger partial charge in [0.1, 0.15) is 0 Å². The van der Waals surface area contributed by atoms with E-state index in [0.717, 1.165) is 6.08 Å². The summed E-state index contributed by atoms with van der Waals surface area (Å²) in [5.74, 6) is 0. The molecule has 0 fully saturated rings. The molecule has 0 atom stereocenters. The number of hydrogen-bond donors (Lipinski definition) is 0. The number of hydrogen-bond acceptors (Lipinski definition) is 1. The maximum absolute atomic E-state index is 10.6. The molecular weight excluding hydrogens is 192 g/mol. The van der Waals surface area contributed by atoms with Crippen LogP contribution in [-0.4, -0.2) is 6.18 Å². The van der Waals surface area contributed by atoms with E-state index in [9.17, 15) is 13.2 Å². The number of halogens is 3. The van der Waals surface area contributed by atoms with E-state index in [1.54, 1.807) is 6.92 Å². The molecule has 10 heavy (non-hydrogen) atoms. The summed E-state index contributed by atoms with van der Waals surface area (Å²) in [4.78, 5) is 0. The average molecular weight is 199 g/mol. The van der Waals surface area contributed by atoms with Crippen molar-refractivity contribution in [1.82, 2.24) is 0 Å². The molecule has 65 valence electrons. The Kier molecular flexibility index (Phi) is 19.1. The third-order valence-corrected chi connectivity index (χ3v) is 0.200. The van der Waals surface area contributed by atoms with Crippen molar-refractivity contribution in [1.29, 1.82) is 0 Å². The summed E-state index contributed by atoms with van der Waals surface area (Å²) in [6.07, 6.45) is -3.47. The molecule has 5 heteroatoms. The zero-order valence-corrected chi connectivity index (χ0v) is 6.33. The normalized spacial score (nSPS) is 7.80. The minimum absolute atomic E-state index is 0.854. The average Bonchev–Trinajstić information content (AvgIpc) is 1.95. The molecule has 0 saturated carbocycles. The summed E-state index contributed by atoms with van der Waals surface area (Å²) in [7, 11) is 0. The molecule has 1 nitrogen and oxygen atoms in total. The zero-order valence-electron chi connectivity index (χ0n) is 5.29. The Labute approximate surface area is 66.1 Å². The van der Waals surface area contributed by atoms with Gasteiger partial charge in [0.05, 0.1) is 0 Å². The van der Waals surface area contributed by atoms with E-state index in [0.29, 0.717) is 0 Å². The Balaban J connectivity index is -0.000000105. The van der Waals surface area contributed by atoms with Crippen molar-refractivity contribution in [3.63, 3.8) is 0 Å². The topological polar surface area (TPSA) is 17.1 Å². The van der Waals surface area contributed by atoms with Gasteiger partial charge in [-0.15, -0.1) is 0 Å². The van der Waals surface area contributed by atoms with Gasteiger partial charge in [0.15, 0.2) is 0 Å². The second-order valence-electron chi connectivity index (χ2n) is 0.675. The van der Waals surface area contributed by atoms with Crippen LogP contribution in [0.15, 0.2) is 6.58 Å². The third kappa shape index (κ3) is 45.5. The predicted octanol–water partition coefficient (Wildman–Crippen LogP) is 2.26. The second-order valence-corrected chi connectivity index (χ2v) is 0.675. The van der Waals surface area contributed by atoms with Gasteiger partial charge in [-0.2, -0.15) is 6.92 Å². The van der Waals surface area contributed by atoms with Crippen LogP contribution in [0.2, 0.25) is 0 Å². The van der Waals surface area contributed by atoms with Crippen LogP contribution >= 0.6 is 0 Å². The summed E-state index contributed by atoms with van der Waals surface area (Å²) in [5.41, 5.74) is 0. The van der Waals surface area contributed by atoms with E-state index in [1.165, 1.54) is 0 Å². The summed E-state index contributed by atoms with van der Waals surface area (Å²) in [6, 6.07) is 0. The first-order valence-electron chi connectivity index (χ1n) is 2.01. The van der Waals surface area contributed by atoms with Crippen molar-refractivity contribution in [2.45, 2.75) is 13.1 Å². The molecule has 0 aliphatic carbocycles. The van der Waals surface area contributed by atoms with Gasteiger partial charge in [0.2, 0.25) is 0 Å². The standard InChI is InChI=1S/C3H2F3.C2H5.Co.O/c1-2-3(4,5)6;1-2;;/h1H2;1H2,2H3;;/q2*-1;;. The molecule has 0 unspecified atom stereocenters. The summed E-state index contributed by atoms with van der Waals surface area (Å²) in [6.45, 7) is 7.38. The van der Waals surface area contributed by atoms with Gasteiger partial charge in [-0.3, -0.25) is 6.58 Å². The van der Waals surface area contributed by atoms with Crippen molar-refractivity contribution in [2.75, 3.05) is 0 Å². The Bertz CT molecular complexity index is 71.8. The fourth-order valence-corrected chi connectivity index (χ4v) is 0. The molecule has 0 aliphatic heterocycles. The van der Waals surface area contributed by atoms with Crippen LogP contribution in [0.1, 0.15) is 6.92 Å². The van der Waals surface area contributed by atoms with Crippen LogP contribution < -0.4 is 0 Å². The van der Waals surface area contributed by atoms with Crippen molar-refractivity contribution < 1.29 is 32.7 Å². The summed E-state index contributed by atoms with van der Waals surface area (Å²) >= 11 is 2.31. The van der Waals surface area contributed by atoms with E-state index >= 15 is 0 Å². The minimum atomic E-state index is -4.32. The van der Waals surface area contributed by atoms with Crippen molar-refractivity contribution >= 4 is 0 Å². The molecule has 0 spiro atoms. The molecule has 0 aromatic rings. The van der Waals surface area contributed by atoms with E-state index in [2.05, 4.69) is 29.2 Å². The monoisotopic (exact) mass is 199 g/mol. The first-order valence-corrected chi connectivity index (χ1v) is 2.44. The SMILES string of the molecule is C=[C-]C(F)(F)F.[CH2-]C.[O]=[Co]. The van der Waals surface area contributed by atoms with E-state index in [4.69, 9.17) is 3.87 Å². The van der Waals surface area contributed by atoms with Crippen LogP contribution in [-0.2, 0) is 19.5 Å². The van der Waals surface area contributed by atoms with Gasteiger partial charge in [-0.05, 0) is 0 Å². The molecule has 0 N–H and O–H groups in total. The molecule has 0 saturated heterocycles. The van der Waals surface area contributed by atoms with Crippen LogP contribution in [0.4, 0.5) is 13.2 Å². The summed E-state index contributed by atoms with van der Waals surface area (Å²) < 4.78 is 39.8. The second kappa shape index (κ2) is 11.6. The van der Waals surface area contributed by atoms with Crippen molar-refractivity contribution in [3.05, 3.63) is 19.6 Å². The van der Waals surface area contributed by atoms with E-state index < -0.39 is 6.18 Å². The number of alkyl halides is 3. The fraction of sp³-hybridized carbons (Fsp3) is 0.400. The molecule has 0 heterocycles. The molecule has 0 aromatic carbocycles.